The summed E-state index contributed by atoms with van der Waals surface area (Å²) in [6, 6.07) is 0. The second kappa shape index (κ2) is 4.23. The molecule has 2 atom stereocenters. The summed E-state index contributed by atoms with van der Waals surface area (Å²) in [4.78, 5) is 21.2. The topological polar surface area (TPSA) is 52.6 Å². The summed E-state index contributed by atoms with van der Waals surface area (Å²) in [5, 5.41) is 0.0209. The van der Waals surface area contributed by atoms with Crippen molar-refractivity contribution < 1.29 is 19.1 Å². The number of carbonyl (C=O) groups is 2. The molecule has 0 aromatic heterocycles. The van der Waals surface area contributed by atoms with Crippen LogP contribution in [0.25, 0.3) is 0 Å². The van der Waals surface area contributed by atoms with Gasteiger partial charge in [-0.15, -0.1) is 0 Å². The Labute approximate surface area is 93.2 Å². The van der Waals surface area contributed by atoms with E-state index in [-0.39, 0.29) is 22.5 Å². The molecule has 1 aliphatic carbocycles. The number of methoxy groups -OCH3 is 1. The average Bonchev–Trinajstić information content (AvgIpc) is 2.68. The van der Waals surface area contributed by atoms with Crippen LogP contribution >= 0.6 is 11.6 Å². The molecule has 1 aliphatic rings. The van der Waals surface area contributed by atoms with Gasteiger partial charge >= 0.3 is 5.97 Å². The van der Waals surface area contributed by atoms with Crippen LogP contribution in [0.5, 0.6) is 0 Å². The maximum Gasteiger partial charge on any atom is 0.349 e. The fraction of sp³-hybridized carbons (Fsp3) is 0.600. The van der Waals surface area contributed by atoms with Gasteiger partial charge in [-0.2, -0.15) is 0 Å². The van der Waals surface area contributed by atoms with E-state index in [0.717, 1.165) is 0 Å². The molecule has 0 saturated heterocycles. The molecule has 0 amide bonds. The lowest BCUT2D eigenvalue weighted by atomic mass is 10.1. The molecule has 1 rings (SSSR count). The lowest BCUT2D eigenvalue weighted by molar-refractivity contribution is -0.135. The summed E-state index contributed by atoms with van der Waals surface area (Å²) in [6.45, 7) is 4.28. The van der Waals surface area contributed by atoms with Crippen LogP contribution in [0.4, 0.5) is 0 Å². The highest BCUT2D eigenvalue weighted by molar-refractivity contribution is 6.41. The maximum atomic E-state index is 11.0. The summed E-state index contributed by atoms with van der Waals surface area (Å²) in [5.41, 5.74) is -0.172. The fourth-order valence-corrected chi connectivity index (χ4v) is 1.79. The number of hydrogen-bond donors (Lipinski definition) is 0. The van der Waals surface area contributed by atoms with Crippen molar-refractivity contribution in [2.45, 2.75) is 20.0 Å². The Bertz CT molecular complexity index is 309. The van der Waals surface area contributed by atoms with Crippen molar-refractivity contribution >= 4 is 24.0 Å². The highest BCUT2D eigenvalue weighted by Crippen LogP contribution is 2.55. The smallest absolute Gasteiger partial charge is 0.349 e. The third-order valence-electron chi connectivity index (χ3n) is 2.72. The third kappa shape index (κ3) is 2.31. The van der Waals surface area contributed by atoms with Crippen molar-refractivity contribution in [3.8, 4) is 0 Å². The molecule has 0 heterocycles. The van der Waals surface area contributed by atoms with Gasteiger partial charge in [-0.3, -0.25) is 4.79 Å². The van der Waals surface area contributed by atoms with Gasteiger partial charge in [-0.1, -0.05) is 31.5 Å². The quantitative estimate of drug-likeness (QED) is 0.419. The second-order valence-corrected chi connectivity index (χ2v) is 4.41. The molecule has 5 heteroatoms. The van der Waals surface area contributed by atoms with E-state index < -0.39 is 5.97 Å². The Kier molecular flexibility index (Phi) is 3.39. The van der Waals surface area contributed by atoms with Gasteiger partial charge in [-0.05, 0) is 0 Å². The Morgan fingerprint density at radius 1 is 1.47 bits per heavy atom. The van der Waals surface area contributed by atoms with E-state index in [1.54, 1.807) is 6.08 Å². The van der Waals surface area contributed by atoms with E-state index in [4.69, 9.17) is 16.3 Å². The van der Waals surface area contributed by atoms with Crippen LogP contribution in [0, 0.1) is 11.3 Å². The molecule has 2 unspecified atom stereocenters. The van der Waals surface area contributed by atoms with Crippen LogP contribution in [-0.4, -0.2) is 25.7 Å². The molecule has 0 bridgehead atoms. The van der Waals surface area contributed by atoms with Gasteiger partial charge in [0.15, 0.2) is 0 Å². The van der Waals surface area contributed by atoms with Gasteiger partial charge in [0.1, 0.15) is 11.1 Å². The van der Waals surface area contributed by atoms with Crippen molar-refractivity contribution in [3.05, 3.63) is 11.1 Å². The van der Waals surface area contributed by atoms with Crippen LogP contribution in [0.15, 0.2) is 11.1 Å². The zero-order valence-corrected chi connectivity index (χ0v) is 9.58. The Morgan fingerprint density at radius 2 is 2.07 bits per heavy atom. The molecule has 4 nitrogen and oxygen atoms in total. The summed E-state index contributed by atoms with van der Waals surface area (Å²) >= 11 is 5.70. The first-order valence-electron chi connectivity index (χ1n) is 4.50. The Morgan fingerprint density at radius 3 is 2.53 bits per heavy atom. The molecule has 15 heavy (non-hydrogen) atoms. The summed E-state index contributed by atoms with van der Waals surface area (Å²) in [5.74, 6) is -0.612. The number of halogens is 1. The van der Waals surface area contributed by atoms with E-state index in [9.17, 15) is 9.59 Å². The molecule has 0 aliphatic heterocycles. The minimum atomic E-state index is -0.579. The first-order chi connectivity index (χ1) is 6.95. The van der Waals surface area contributed by atoms with Crippen LogP contribution in [-0.2, 0) is 19.1 Å². The van der Waals surface area contributed by atoms with E-state index in [1.807, 2.05) is 13.8 Å². The highest BCUT2D eigenvalue weighted by atomic mass is 35.5. The first kappa shape index (κ1) is 12.0. The lowest BCUT2D eigenvalue weighted by Gasteiger charge is -1.98. The fourth-order valence-electron chi connectivity index (χ4n) is 1.57. The summed E-state index contributed by atoms with van der Waals surface area (Å²) in [6.07, 6.45) is 1.36. The lowest BCUT2D eigenvalue weighted by Crippen LogP contribution is -2.00. The van der Waals surface area contributed by atoms with Gasteiger partial charge in [-0.25, -0.2) is 4.79 Å². The largest absolute Gasteiger partial charge is 0.465 e. The molecular formula is C10H13ClO4. The van der Waals surface area contributed by atoms with Crippen LogP contribution in [0.1, 0.15) is 13.8 Å². The SMILES string of the molecule is COC(=O)C(Cl)=CC1C(OC=O)C1(C)C. The van der Waals surface area contributed by atoms with Gasteiger partial charge < -0.3 is 9.47 Å². The molecule has 0 radical (unpaired) electrons. The highest BCUT2D eigenvalue weighted by Gasteiger charge is 2.59. The molecule has 1 fully saturated rings. The molecule has 0 spiro atoms. The molecule has 0 aromatic carbocycles. The number of ether oxygens (including phenoxy) is 2. The van der Waals surface area contributed by atoms with E-state index in [1.165, 1.54) is 7.11 Å². The van der Waals surface area contributed by atoms with Crippen LogP contribution in [0.2, 0.25) is 0 Å². The average molecular weight is 233 g/mol. The maximum absolute atomic E-state index is 11.0. The Hall–Kier alpha value is -1.03. The van der Waals surface area contributed by atoms with Crippen molar-refractivity contribution in [1.29, 1.82) is 0 Å². The van der Waals surface area contributed by atoms with Gasteiger partial charge in [0.2, 0.25) is 0 Å². The number of esters is 1. The van der Waals surface area contributed by atoms with E-state index in [0.29, 0.717) is 6.47 Å². The van der Waals surface area contributed by atoms with Gasteiger partial charge in [0.25, 0.3) is 6.47 Å². The number of carbonyl (C=O) groups excluding carboxylic acids is 2. The zero-order chi connectivity index (χ0) is 11.6. The van der Waals surface area contributed by atoms with Crippen molar-refractivity contribution in [1.82, 2.24) is 0 Å². The predicted molar refractivity (Wildman–Crippen MR) is 54.2 cm³/mol. The van der Waals surface area contributed by atoms with E-state index >= 15 is 0 Å². The van der Waals surface area contributed by atoms with Gasteiger partial charge in [0.05, 0.1) is 7.11 Å². The molecule has 0 N–H and O–H groups in total. The molecule has 1 saturated carbocycles. The van der Waals surface area contributed by atoms with Crippen molar-refractivity contribution in [2.75, 3.05) is 7.11 Å². The van der Waals surface area contributed by atoms with Crippen molar-refractivity contribution in [3.63, 3.8) is 0 Å². The predicted octanol–water partition coefficient (Wildman–Crippen LogP) is 1.48. The van der Waals surface area contributed by atoms with Crippen LogP contribution < -0.4 is 0 Å². The summed E-state index contributed by atoms with van der Waals surface area (Å²) < 4.78 is 9.31. The molecule has 84 valence electrons. The Balaban J connectivity index is 2.68. The number of hydrogen-bond acceptors (Lipinski definition) is 4. The standard InChI is InChI=1S/C10H13ClO4/c1-10(2)6(8(10)15-5-12)4-7(11)9(13)14-3/h4-6,8H,1-3H3. The first-order valence-corrected chi connectivity index (χ1v) is 4.87. The third-order valence-corrected chi connectivity index (χ3v) is 3.00. The van der Waals surface area contributed by atoms with Gasteiger partial charge in [0, 0.05) is 11.3 Å². The summed E-state index contributed by atoms with van der Waals surface area (Å²) in [7, 11) is 1.26. The van der Waals surface area contributed by atoms with Crippen molar-refractivity contribution in [2.24, 2.45) is 11.3 Å². The number of rotatable bonds is 4. The monoisotopic (exact) mass is 232 g/mol. The minimum absolute atomic E-state index is 0.0209. The molecular weight excluding hydrogens is 220 g/mol. The molecule has 0 aromatic rings. The van der Waals surface area contributed by atoms with Crippen LogP contribution in [0.3, 0.4) is 0 Å². The normalized spacial score (nSPS) is 28.1. The minimum Gasteiger partial charge on any atom is -0.465 e. The zero-order valence-electron chi connectivity index (χ0n) is 8.82. The van der Waals surface area contributed by atoms with E-state index in [2.05, 4.69) is 4.74 Å². The second-order valence-electron chi connectivity index (χ2n) is 4.01.